The number of nitrogens with two attached hydrogens (primary N) is 1. The highest BCUT2D eigenvalue weighted by Gasteiger charge is 2.44. The second-order valence-electron chi connectivity index (χ2n) is 4.99. The summed E-state index contributed by atoms with van der Waals surface area (Å²) in [7, 11) is 0. The molecule has 6 nitrogen and oxygen atoms in total. The molecule has 2 rings (SSSR count). The Morgan fingerprint density at radius 2 is 2.25 bits per heavy atom. The zero-order chi connectivity index (χ0) is 14.9. The van der Waals surface area contributed by atoms with Crippen molar-refractivity contribution < 1.29 is 19.4 Å². The minimum atomic E-state index is -1.09. The van der Waals surface area contributed by atoms with E-state index in [0.29, 0.717) is 6.61 Å². The number of amides is 1. The highest BCUT2D eigenvalue weighted by atomic mass is 127. The second-order valence-corrected chi connectivity index (χ2v) is 6.23. The van der Waals surface area contributed by atoms with Gasteiger partial charge in [-0.15, -0.1) is 0 Å². The van der Waals surface area contributed by atoms with Crippen molar-refractivity contribution in [1.82, 2.24) is 0 Å². The normalized spacial score (nSPS) is 25.4. The van der Waals surface area contributed by atoms with Crippen LogP contribution in [0.25, 0.3) is 0 Å². The molecule has 4 N–H and O–H groups in total. The number of anilines is 1. The van der Waals surface area contributed by atoms with Gasteiger partial charge < -0.3 is 20.9 Å². The monoisotopic (exact) mass is 390 g/mol. The van der Waals surface area contributed by atoms with Crippen LogP contribution in [0.15, 0.2) is 18.2 Å². The Balaban J connectivity index is 2.26. The first-order valence-electron chi connectivity index (χ1n) is 6.02. The largest absolute Gasteiger partial charge is 0.478 e. The molecular weight excluding hydrogens is 375 g/mol. The Kier molecular flexibility index (Phi) is 4.31. The first kappa shape index (κ1) is 15.2. The summed E-state index contributed by atoms with van der Waals surface area (Å²) in [6.45, 7) is 2.27. The smallest absolute Gasteiger partial charge is 0.337 e. The van der Waals surface area contributed by atoms with E-state index in [0.717, 1.165) is 3.57 Å². The number of nitrogens with one attached hydrogen (secondary N) is 1. The van der Waals surface area contributed by atoms with Crippen LogP contribution in [0.4, 0.5) is 5.69 Å². The van der Waals surface area contributed by atoms with Crippen LogP contribution in [0.5, 0.6) is 0 Å². The number of hydrogen-bond donors (Lipinski definition) is 3. The van der Waals surface area contributed by atoms with Gasteiger partial charge in [-0.05, 0) is 47.7 Å². The van der Waals surface area contributed by atoms with Gasteiger partial charge in [0.15, 0.2) is 0 Å². The third kappa shape index (κ3) is 2.79. The van der Waals surface area contributed by atoms with Crippen molar-refractivity contribution in [2.75, 3.05) is 18.5 Å². The van der Waals surface area contributed by atoms with Gasteiger partial charge in [-0.3, -0.25) is 4.79 Å². The topological polar surface area (TPSA) is 102 Å². The standard InChI is InChI=1S/C13H15IN2O4/c1-13(6-20-5-10(13)15)12(19)16-9-3-2-7(14)4-8(9)11(17)18/h2-4,10H,5-6,15H2,1H3,(H,16,19)(H,17,18). The van der Waals surface area contributed by atoms with E-state index in [2.05, 4.69) is 5.32 Å². The molecule has 0 saturated carbocycles. The lowest BCUT2D eigenvalue weighted by Gasteiger charge is -2.25. The van der Waals surface area contributed by atoms with E-state index in [4.69, 9.17) is 10.5 Å². The Morgan fingerprint density at radius 3 is 2.80 bits per heavy atom. The molecule has 1 heterocycles. The maximum Gasteiger partial charge on any atom is 0.337 e. The molecule has 1 aliphatic heterocycles. The maximum absolute atomic E-state index is 12.3. The molecule has 0 bridgehead atoms. The Hall–Kier alpha value is -1.19. The molecule has 7 heteroatoms. The van der Waals surface area contributed by atoms with Gasteiger partial charge in [-0.25, -0.2) is 4.79 Å². The number of hydrogen-bond acceptors (Lipinski definition) is 4. The summed E-state index contributed by atoms with van der Waals surface area (Å²) in [5, 5.41) is 11.8. The molecule has 1 aromatic rings. The van der Waals surface area contributed by atoms with Gasteiger partial charge in [0.2, 0.25) is 5.91 Å². The molecule has 0 aromatic heterocycles. The second kappa shape index (κ2) is 5.66. The number of carbonyl (C=O) groups excluding carboxylic acids is 1. The van der Waals surface area contributed by atoms with Crippen molar-refractivity contribution >= 4 is 40.2 Å². The lowest BCUT2D eigenvalue weighted by atomic mass is 9.84. The predicted molar refractivity (Wildman–Crippen MR) is 81.6 cm³/mol. The first-order chi connectivity index (χ1) is 9.34. The van der Waals surface area contributed by atoms with E-state index in [-0.39, 0.29) is 23.8 Å². The van der Waals surface area contributed by atoms with Crippen LogP contribution in [0.2, 0.25) is 0 Å². The SMILES string of the molecule is CC1(C(=O)Nc2ccc(I)cc2C(=O)O)COCC1N. The van der Waals surface area contributed by atoms with Crippen molar-refractivity contribution in [3.8, 4) is 0 Å². The summed E-state index contributed by atoms with van der Waals surface area (Å²) >= 11 is 2.02. The van der Waals surface area contributed by atoms with Crippen LogP contribution >= 0.6 is 22.6 Å². The van der Waals surface area contributed by atoms with Gasteiger partial charge in [0.25, 0.3) is 0 Å². The Morgan fingerprint density at radius 1 is 1.55 bits per heavy atom. The third-order valence-electron chi connectivity index (χ3n) is 3.50. The van der Waals surface area contributed by atoms with Crippen LogP contribution < -0.4 is 11.1 Å². The molecular formula is C13H15IN2O4. The summed E-state index contributed by atoms with van der Waals surface area (Å²) in [6.07, 6.45) is 0. The van der Waals surface area contributed by atoms with Crippen molar-refractivity contribution in [3.05, 3.63) is 27.3 Å². The molecule has 0 spiro atoms. The fraction of sp³-hybridized carbons (Fsp3) is 0.385. The molecule has 1 amide bonds. The first-order valence-corrected chi connectivity index (χ1v) is 7.10. The number of benzene rings is 1. The molecule has 1 fully saturated rings. The maximum atomic E-state index is 12.3. The fourth-order valence-electron chi connectivity index (χ4n) is 1.99. The average molecular weight is 390 g/mol. The number of halogens is 1. The van der Waals surface area contributed by atoms with Crippen LogP contribution in [0.3, 0.4) is 0 Å². The van der Waals surface area contributed by atoms with E-state index in [1.165, 1.54) is 6.07 Å². The number of aromatic carboxylic acids is 1. The molecule has 0 aliphatic carbocycles. The molecule has 20 heavy (non-hydrogen) atoms. The predicted octanol–water partition coefficient (Wildman–Crippen LogP) is 1.29. The third-order valence-corrected chi connectivity index (χ3v) is 4.17. The number of ether oxygens (including phenoxy) is 1. The van der Waals surface area contributed by atoms with Crippen molar-refractivity contribution in [1.29, 1.82) is 0 Å². The van der Waals surface area contributed by atoms with E-state index in [9.17, 15) is 14.7 Å². The number of rotatable bonds is 3. The van der Waals surface area contributed by atoms with E-state index < -0.39 is 17.4 Å². The van der Waals surface area contributed by atoms with E-state index in [1.54, 1.807) is 19.1 Å². The lowest BCUT2D eigenvalue weighted by Crippen LogP contribution is -2.47. The molecule has 2 unspecified atom stereocenters. The quantitative estimate of drug-likeness (QED) is 0.676. The molecule has 0 radical (unpaired) electrons. The number of carbonyl (C=O) groups is 2. The summed E-state index contributed by atoms with van der Waals surface area (Å²) < 4.78 is 6.01. The lowest BCUT2D eigenvalue weighted by molar-refractivity contribution is -0.125. The van der Waals surface area contributed by atoms with Gasteiger partial charge in [0, 0.05) is 9.61 Å². The molecule has 2 atom stereocenters. The van der Waals surface area contributed by atoms with Crippen LogP contribution in [0, 0.1) is 8.99 Å². The average Bonchev–Trinajstić information content (AvgIpc) is 2.73. The zero-order valence-electron chi connectivity index (χ0n) is 10.9. The minimum Gasteiger partial charge on any atom is -0.478 e. The zero-order valence-corrected chi connectivity index (χ0v) is 13.0. The Labute approximate surface area is 129 Å². The summed E-state index contributed by atoms with van der Waals surface area (Å²) in [5.41, 5.74) is 5.36. The summed E-state index contributed by atoms with van der Waals surface area (Å²) in [6, 6.07) is 4.41. The fourth-order valence-corrected chi connectivity index (χ4v) is 2.48. The molecule has 1 aliphatic rings. The molecule has 108 valence electrons. The van der Waals surface area contributed by atoms with E-state index >= 15 is 0 Å². The Bertz CT molecular complexity index is 563. The highest BCUT2D eigenvalue weighted by molar-refractivity contribution is 14.1. The van der Waals surface area contributed by atoms with Crippen molar-refractivity contribution in [3.63, 3.8) is 0 Å². The van der Waals surface area contributed by atoms with Crippen molar-refractivity contribution in [2.45, 2.75) is 13.0 Å². The minimum absolute atomic E-state index is 0.0568. The van der Waals surface area contributed by atoms with E-state index in [1.807, 2.05) is 22.6 Å². The highest BCUT2D eigenvalue weighted by Crippen LogP contribution is 2.29. The number of carboxylic acid groups (broad SMARTS) is 1. The van der Waals surface area contributed by atoms with Gasteiger partial charge >= 0.3 is 5.97 Å². The molecule has 1 aromatic carbocycles. The van der Waals surface area contributed by atoms with Gasteiger partial charge in [-0.1, -0.05) is 0 Å². The summed E-state index contributed by atoms with van der Waals surface area (Å²) in [4.78, 5) is 23.6. The van der Waals surface area contributed by atoms with Crippen LogP contribution in [-0.4, -0.2) is 36.2 Å². The van der Waals surface area contributed by atoms with Gasteiger partial charge in [-0.2, -0.15) is 0 Å². The molecule has 1 saturated heterocycles. The number of carboxylic acids is 1. The van der Waals surface area contributed by atoms with Gasteiger partial charge in [0.1, 0.15) is 0 Å². The van der Waals surface area contributed by atoms with Crippen molar-refractivity contribution in [2.24, 2.45) is 11.1 Å². The van der Waals surface area contributed by atoms with Gasteiger partial charge in [0.05, 0.1) is 29.9 Å². The van der Waals surface area contributed by atoms with Crippen LogP contribution in [-0.2, 0) is 9.53 Å². The van der Waals surface area contributed by atoms with Crippen LogP contribution in [0.1, 0.15) is 17.3 Å². The summed E-state index contributed by atoms with van der Waals surface area (Å²) in [5.74, 6) is -1.41.